The predicted octanol–water partition coefficient (Wildman–Crippen LogP) is 0.622. The number of hydrogen-bond acceptors (Lipinski definition) is 3. The first-order valence-corrected chi connectivity index (χ1v) is 4.20. The van der Waals surface area contributed by atoms with Crippen molar-refractivity contribution >= 4 is 5.91 Å². The molecule has 1 saturated heterocycles. The second-order valence-electron chi connectivity index (χ2n) is 2.86. The van der Waals surface area contributed by atoms with Crippen molar-refractivity contribution in [2.45, 2.75) is 38.7 Å². The highest BCUT2D eigenvalue weighted by Gasteiger charge is 2.45. The molecule has 1 aliphatic rings. The maximum Gasteiger partial charge on any atom is 0.256 e. The molecule has 0 aromatic rings. The van der Waals surface area contributed by atoms with Gasteiger partial charge in [-0.15, -0.1) is 0 Å². The summed E-state index contributed by atoms with van der Waals surface area (Å²) < 4.78 is 10.3. The smallest absolute Gasteiger partial charge is 0.256 e. The lowest BCUT2D eigenvalue weighted by Crippen LogP contribution is -2.37. The molecular weight excluding hydrogens is 158 g/mol. The van der Waals surface area contributed by atoms with Crippen LogP contribution in [0.15, 0.2) is 0 Å². The summed E-state index contributed by atoms with van der Waals surface area (Å²) in [4.78, 5) is 11.4. The minimum Gasteiger partial charge on any atom is -0.339 e. The van der Waals surface area contributed by atoms with E-state index in [4.69, 9.17) is 9.47 Å². The van der Waals surface area contributed by atoms with Gasteiger partial charge in [-0.25, -0.2) is 0 Å². The Bertz CT molecular complexity index is 177. The summed E-state index contributed by atoms with van der Waals surface area (Å²) in [6.45, 7) is 3.86. The summed E-state index contributed by atoms with van der Waals surface area (Å²) in [7, 11) is 1.51. The molecule has 0 aromatic heterocycles. The van der Waals surface area contributed by atoms with Gasteiger partial charge < -0.3 is 14.8 Å². The Kier molecular flexibility index (Phi) is 2.69. The molecule has 1 N–H and O–H groups in total. The molecule has 4 heteroatoms. The molecule has 70 valence electrons. The molecule has 0 radical (unpaired) electrons. The van der Waals surface area contributed by atoms with E-state index in [-0.39, 0.29) is 5.91 Å². The lowest BCUT2D eigenvalue weighted by molar-refractivity contribution is -0.166. The Morgan fingerprint density at radius 2 is 2.17 bits per heavy atom. The van der Waals surface area contributed by atoms with E-state index in [0.717, 1.165) is 0 Å². The van der Waals surface area contributed by atoms with E-state index in [9.17, 15) is 4.79 Å². The Labute approximate surface area is 72.2 Å². The van der Waals surface area contributed by atoms with Crippen LogP contribution in [0.1, 0.15) is 26.7 Å². The number of hydrogen-bond donors (Lipinski definition) is 1. The van der Waals surface area contributed by atoms with Crippen molar-refractivity contribution in [3.63, 3.8) is 0 Å². The van der Waals surface area contributed by atoms with Crippen LogP contribution in [0, 0.1) is 0 Å². The highest BCUT2D eigenvalue weighted by molar-refractivity contribution is 5.86. The second kappa shape index (κ2) is 3.41. The molecule has 12 heavy (non-hydrogen) atoms. The van der Waals surface area contributed by atoms with Crippen LogP contribution >= 0.6 is 0 Å². The zero-order valence-corrected chi connectivity index (χ0v) is 7.72. The molecule has 1 atom stereocenters. The molecule has 1 unspecified atom stereocenters. The number of carbonyl (C=O) groups is 1. The highest BCUT2D eigenvalue weighted by atomic mass is 16.7. The molecule has 1 aliphatic heterocycles. The monoisotopic (exact) mass is 173 g/mol. The molecular formula is C8H15NO3. The van der Waals surface area contributed by atoms with Crippen molar-refractivity contribution in [1.29, 1.82) is 0 Å². The van der Waals surface area contributed by atoms with Crippen molar-refractivity contribution in [3.05, 3.63) is 0 Å². The predicted molar refractivity (Wildman–Crippen MR) is 43.3 cm³/mol. The third-order valence-electron chi connectivity index (χ3n) is 2.35. The Balaban J connectivity index is 2.72. The fourth-order valence-corrected chi connectivity index (χ4v) is 1.37. The number of methoxy groups -OCH3 is 1. The maximum absolute atomic E-state index is 11.4. The van der Waals surface area contributed by atoms with E-state index < -0.39 is 12.0 Å². The molecule has 0 aromatic carbocycles. The van der Waals surface area contributed by atoms with Gasteiger partial charge in [-0.2, -0.15) is 0 Å². The zero-order chi connectivity index (χ0) is 9.19. The van der Waals surface area contributed by atoms with Gasteiger partial charge in [0.25, 0.3) is 5.91 Å². The quantitative estimate of drug-likeness (QED) is 0.680. The molecule has 0 bridgehead atoms. The molecule has 1 amide bonds. The van der Waals surface area contributed by atoms with Crippen LogP contribution in [-0.4, -0.2) is 25.0 Å². The minimum atomic E-state index is -0.666. The molecule has 0 aliphatic carbocycles. The van der Waals surface area contributed by atoms with E-state index >= 15 is 0 Å². The van der Waals surface area contributed by atoms with Crippen molar-refractivity contribution in [3.8, 4) is 0 Å². The molecule has 1 rings (SSSR count). The largest absolute Gasteiger partial charge is 0.339 e. The average molecular weight is 173 g/mol. The summed E-state index contributed by atoms with van der Waals surface area (Å²) in [5, 5.41) is 2.61. The third-order valence-corrected chi connectivity index (χ3v) is 2.35. The lowest BCUT2D eigenvalue weighted by atomic mass is 9.97. The Hall–Kier alpha value is -0.610. The highest BCUT2D eigenvalue weighted by Crippen LogP contribution is 2.27. The lowest BCUT2D eigenvalue weighted by Gasteiger charge is -2.21. The average Bonchev–Trinajstić information content (AvgIpc) is 2.43. The van der Waals surface area contributed by atoms with Crippen LogP contribution in [0.25, 0.3) is 0 Å². The fraction of sp³-hybridized carbons (Fsp3) is 0.875. The van der Waals surface area contributed by atoms with Gasteiger partial charge in [0.1, 0.15) is 0 Å². The number of amides is 1. The van der Waals surface area contributed by atoms with Gasteiger partial charge in [-0.3, -0.25) is 4.79 Å². The summed E-state index contributed by atoms with van der Waals surface area (Å²) in [6.07, 6.45) is 0.780. The van der Waals surface area contributed by atoms with Gasteiger partial charge in [-0.05, 0) is 12.8 Å². The molecule has 1 heterocycles. The molecule has 0 saturated carbocycles. The fourth-order valence-electron chi connectivity index (χ4n) is 1.37. The van der Waals surface area contributed by atoms with Crippen molar-refractivity contribution in [2.75, 3.05) is 7.11 Å². The Morgan fingerprint density at radius 3 is 2.42 bits per heavy atom. The van der Waals surface area contributed by atoms with Crippen LogP contribution in [0.3, 0.4) is 0 Å². The van der Waals surface area contributed by atoms with Crippen molar-refractivity contribution in [1.82, 2.24) is 5.32 Å². The SMILES string of the molecule is CCC1(CC)OC(OC)NC1=O. The van der Waals surface area contributed by atoms with Crippen LogP contribution in [0.5, 0.6) is 0 Å². The standard InChI is InChI=1S/C8H15NO3/c1-4-8(5-2)6(10)9-7(11-3)12-8/h7H,4-5H2,1-3H3,(H,9,10). The van der Waals surface area contributed by atoms with Crippen LogP contribution in [-0.2, 0) is 14.3 Å². The van der Waals surface area contributed by atoms with Gasteiger partial charge in [0.15, 0.2) is 5.60 Å². The Morgan fingerprint density at radius 1 is 1.58 bits per heavy atom. The van der Waals surface area contributed by atoms with Gasteiger partial charge in [-0.1, -0.05) is 13.8 Å². The van der Waals surface area contributed by atoms with Crippen LogP contribution in [0.4, 0.5) is 0 Å². The van der Waals surface area contributed by atoms with Gasteiger partial charge >= 0.3 is 0 Å². The number of ether oxygens (including phenoxy) is 2. The first-order valence-electron chi connectivity index (χ1n) is 4.20. The summed E-state index contributed by atoms with van der Waals surface area (Å²) in [5.74, 6) is -0.0700. The molecule has 0 spiro atoms. The zero-order valence-electron chi connectivity index (χ0n) is 7.72. The van der Waals surface area contributed by atoms with Crippen LogP contribution < -0.4 is 5.32 Å². The summed E-state index contributed by atoms with van der Waals surface area (Å²) in [6, 6.07) is 0. The first-order chi connectivity index (χ1) is 5.68. The molecule has 4 nitrogen and oxygen atoms in total. The first kappa shape index (κ1) is 9.48. The van der Waals surface area contributed by atoms with Crippen molar-refractivity contribution in [2.24, 2.45) is 0 Å². The second-order valence-corrected chi connectivity index (χ2v) is 2.86. The number of carbonyl (C=O) groups excluding carboxylic acids is 1. The maximum atomic E-state index is 11.4. The van der Waals surface area contributed by atoms with Gasteiger partial charge in [0.05, 0.1) is 0 Å². The van der Waals surface area contributed by atoms with Gasteiger partial charge in [0.2, 0.25) is 6.41 Å². The number of nitrogens with one attached hydrogen (secondary N) is 1. The van der Waals surface area contributed by atoms with E-state index in [0.29, 0.717) is 12.8 Å². The van der Waals surface area contributed by atoms with E-state index in [1.165, 1.54) is 7.11 Å². The summed E-state index contributed by atoms with van der Waals surface area (Å²) in [5.41, 5.74) is -0.666. The summed E-state index contributed by atoms with van der Waals surface area (Å²) >= 11 is 0. The number of rotatable bonds is 3. The topological polar surface area (TPSA) is 47.6 Å². The van der Waals surface area contributed by atoms with E-state index in [1.54, 1.807) is 0 Å². The van der Waals surface area contributed by atoms with E-state index in [2.05, 4.69) is 5.32 Å². The van der Waals surface area contributed by atoms with Crippen LogP contribution in [0.2, 0.25) is 0 Å². The normalized spacial score (nSPS) is 27.2. The van der Waals surface area contributed by atoms with Gasteiger partial charge in [0, 0.05) is 7.11 Å². The third kappa shape index (κ3) is 1.32. The minimum absolute atomic E-state index is 0.0700. The molecule has 1 fully saturated rings. The van der Waals surface area contributed by atoms with E-state index in [1.807, 2.05) is 13.8 Å². The van der Waals surface area contributed by atoms with Crippen molar-refractivity contribution < 1.29 is 14.3 Å².